The van der Waals surface area contributed by atoms with Crippen molar-refractivity contribution in [3.05, 3.63) is 29.3 Å². The third-order valence-corrected chi connectivity index (χ3v) is 3.88. The molecule has 17 heavy (non-hydrogen) atoms. The summed E-state index contributed by atoms with van der Waals surface area (Å²) in [6.45, 7) is 2.28. The molecule has 1 saturated heterocycles. The second-order valence-corrected chi connectivity index (χ2v) is 5.64. The average Bonchev–Trinajstić information content (AvgIpc) is 3.13. The number of piperidine rings is 1. The molecule has 2 nitrogen and oxygen atoms in total. The third kappa shape index (κ3) is 2.93. The summed E-state index contributed by atoms with van der Waals surface area (Å²) in [5.41, 5.74) is 1.26. The van der Waals surface area contributed by atoms with E-state index < -0.39 is 0 Å². The van der Waals surface area contributed by atoms with Gasteiger partial charge in [-0.05, 0) is 43.9 Å². The van der Waals surface area contributed by atoms with E-state index in [0.717, 1.165) is 24.2 Å². The molecule has 1 unspecified atom stereocenters. The van der Waals surface area contributed by atoms with Crippen LogP contribution >= 0.6 is 11.6 Å². The monoisotopic (exact) mass is 250 g/mol. The van der Waals surface area contributed by atoms with E-state index in [1.54, 1.807) is 0 Å². The van der Waals surface area contributed by atoms with Crippen molar-refractivity contribution in [2.24, 2.45) is 0 Å². The Morgan fingerprint density at radius 1 is 1.18 bits per heavy atom. The molecule has 0 amide bonds. The molecule has 1 heterocycles. The predicted octanol–water partition coefficient (Wildman–Crippen LogP) is 3.06. The molecule has 3 heteroatoms. The Hall–Kier alpha value is -0.730. The summed E-state index contributed by atoms with van der Waals surface area (Å²) in [6, 6.07) is 9.67. The van der Waals surface area contributed by atoms with Gasteiger partial charge in [-0.25, -0.2) is 0 Å². The molecule has 2 fully saturated rings. The summed E-state index contributed by atoms with van der Waals surface area (Å²) in [5.74, 6) is 0. The Bertz CT molecular complexity index is 390. The maximum Gasteiger partial charge on any atom is 0.0426 e. The van der Waals surface area contributed by atoms with Crippen molar-refractivity contribution in [3.63, 3.8) is 0 Å². The standard InChI is InChI=1S/C14H19ClN2/c15-11-3-1-5-14(9-11)17-8-2-4-13(10-17)16-12-6-7-12/h1,3,5,9,12-13,16H,2,4,6-8,10H2. The molecule has 0 aromatic heterocycles. The van der Waals surface area contributed by atoms with Crippen LogP contribution in [0.4, 0.5) is 5.69 Å². The van der Waals surface area contributed by atoms with Crippen molar-refractivity contribution >= 4 is 17.3 Å². The Morgan fingerprint density at radius 2 is 2.06 bits per heavy atom. The lowest BCUT2D eigenvalue weighted by Gasteiger charge is -2.35. The van der Waals surface area contributed by atoms with E-state index in [0.29, 0.717) is 6.04 Å². The number of anilines is 1. The first-order chi connectivity index (χ1) is 8.31. The molecule has 2 aliphatic rings. The highest BCUT2D eigenvalue weighted by Crippen LogP contribution is 2.25. The topological polar surface area (TPSA) is 15.3 Å². The van der Waals surface area contributed by atoms with Gasteiger partial charge in [-0.1, -0.05) is 17.7 Å². The van der Waals surface area contributed by atoms with Crippen LogP contribution in [-0.2, 0) is 0 Å². The van der Waals surface area contributed by atoms with E-state index in [2.05, 4.69) is 22.3 Å². The first-order valence-corrected chi connectivity index (χ1v) is 6.95. The van der Waals surface area contributed by atoms with E-state index in [1.165, 1.54) is 31.4 Å². The molecule has 0 spiro atoms. The van der Waals surface area contributed by atoms with Crippen LogP contribution in [0.1, 0.15) is 25.7 Å². The number of hydrogen-bond donors (Lipinski definition) is 1. The van der Waals surface area contributed by atoms with Crippen molar-refractivity contribution in [3.8, 4) is 0 Å². The first kappa shape index (κ1) is 11.4. The van der Waals surface area contributed by atoms with Gasteiger partial charge in [0, 0.05) is 35.9 Å². The second kappa shape index (κ2) is 4.87. The number of halogens is 1. The normalized spacial score (nSPS) is 25.0. The van der Waals surface area contributed by atoms with Gasteiger partial charge >= 0.3 is 0 Å². The predicted molar refractivity (Wildman–Crippen MR) is 72.8 cm³/mol. The summed E-state index contributed by atoms with van der Waals surface area (Å²) < 4.78 is 0. The molecule has 3 rings (SSSR count). The molecular weight excluding hydrogens is 232 g/mol. The smallest absolute Gasteiger partial charge is 0.0426 e. The minimum Gasteiger partial charge on any atom is -0.370 e. The van der Waals surface area contributed by atoms with Gasteiger partial charge in [-0.3, -0.25) is 0 Å². The molecule has 1 aromatic rings. The molecule has 1 aliphatic heterocycles. The van der Waals surface area contributed by atoms with Crippen LogP contribution in [0.2, 0.25) is 5.02 Å². The lowest BCUT2D eigenvalue weighted by atomic mass is 10.0. The van der Waals surface area contributed by atoms with Crippen molar-refractivity contribution in [2.75, 3.05) is 18.0 Å². The average molecular weight is 251 g/mol. The highest BCUT2D eigenvalue weighted by molar-refractivity contribution is 6.30. The fraction of sp³-hybridized carbons (Fsp3) is 0.571. The summed E-state index contributed by atoms with van der Waals surface area (Å²) in [5, 5.41) is 4.57. The van der Waals surface area contributed by atoms with Crippen molar-refractivity contribution < 1.29 is 0 Å². The molecule has 1 N–H and O–H groups in total. The van der Waals surface area contributed by atoms with Gasteiger partial charge in [0.05, 0.1) is 0 Å². The number of rotatable bonds is 3. The number of hydrogen-bond acceptors (Lipinski definition) is 2. The highest BCUT2D eigenvalue weighted by Gasteiger charge is 2.27. The molecule has 92 valence electrons. The zero-order valence-electron chi connectivity index (χ0n) is 10.0. The van der Waals surface area contributed by atoms with E-state index in [4.69, 9.17) is 11.6 Å². The minimum atomic E-state index is 0.662. The Balaban J connectivity index is 1.65. The zero-order chi connectivity index (χ0) is 11.7. The van der Waals surface area contributed by atoms with Crippen LogP contribution < -0.4 is 10.2 Å². The molecule has 0 radical (unpaired) electrons. The minimum absolute atomic E-state index is 0.662. The van der Waals surface area contributed by atoms with Gasteiger partial charge in [0.2, 0.25) is 0 Å². The number of nitrogens with one attached hydrogen (secondary N) is 1. The SMILES string of the molecule is Clc1cccc(N2CCCC(NC3CC3)C2)c1. The Kier molecular flexibility index (Phi) is 3.26. The van der Waals surface area contributed by atoms with Gasteiger partial charge in [-0.2, -0.15) is 0 Å². The number of benzene rings is 1. The quantitative estimate of drug-likeness (QED) is 0.887. The molecule has 0 bridgehead atoms. The third-order valence-electron chi connectivity index (χ3n) is 3.64. The van der Waals surface area contributed by atoms with Crippen LogP contribution in [0, 0.1) is 0 Å². The Labute approximate surface area is 108 Å². The van der Waals surface area contributed by atoms with Crippen molar-refractivity contribution in [1.29, 1.82) is 0 Å². The highest BCUT2D eigenvalue weighted by atomic mass is 35.5. The number of nitrogens with zero attached hydrogens (tertiary/aromatic N) is 1. The fourth-order valence-electron chi connectivity index (χ4n) is 2.60. The largest absolute Gasteiger partial charge is 0.370 e. The van der Waals surface area contributed by atoms with Crippen LogP contribution in [0.15, 0.2) is 24.3 Å². The maximum absolute atomic E-state index is 6.05. The van der Waals surface area contributed by atoms with E-state index in [-0.39, 0.29) is 0 Å². The summed E-state index contributed by atoms with van der Waals surface area (Å²) in [4.78, 5) is 2.45. The lowest BCUT2D eigenvalue weighted by Crippen LogP contribution is -2.46. The van der Waals surface area contributed by atoms with E-state index >= 15 is 0 Å². The fourth-order valence-corrected chi connectivity index (χ4v) is 2.79. The van der Waals surface area contributed by atoms with Crippen LogP contribution in [-0.4, -0.2) is 25.2 Å². The van der Waals surface area contributed by atoms with Crippen molar-refractivity contribution in [1.82, 2.24) is 5.32 Å². The lowest BCUT2D eigenvalue weighted by molar-refractivity contribution is 0.420. The maximum atomic E-state index is 6.05. The van der Waals surface area contributed by atoms with Gasteiger partial charge in [0.15, 0.2) is 0 Å². The van der Waals surface area contributed by atoms with Gasteiger partial charge in [0.25, 0.3) is 0 Å². The second-order valence-electron chi connectivity index (χ2n) is 5.21. The van der Waals surface area contributed by atoms with Gasteiger partial charge in [0.1, 0.15) is 0 Å². The molecule has 1 atom stereocenters. The van der Waals surface area contributed by atoms with E-state index in [9.17, 15) is 0 Å². The molecule has 1 saturated carbocycles. The summed E-state index contributed by atoms with van der Waals surface area (Å²) in [7, 11) is 0. The van der Waals surface area contributed by atoms with Crippen LogP contribution in [0.3, 0.4) is 0 Å². The van der Waals surface area contributed by atoms with Crippen molar-refractivity contribution in [2.45, 2.75) is 37.8 Å². The molecule has 1 aromatic carbocycles. The van der Waals surface area contributed by atoms with E-state index in [1.807, 2.05) is 12.1 Å². The van der Waals surface area contributed by atoms with Gasteiger partial charge < -0.3 is 10.2 Å². The molecule has 1 aliphatic carbocycles. The van der Waals surface area contributed by atoms with Crippen LogP contribution in [0.25, 0.3) is 0 Å². The zero-order valence-corrected chi connectivity index (χ0v) is 10.8. The van der Waals surface area contributed by atoms with Gasteiger partial charge in [-0.15, -0.1) is 0 Å². The van der Waals surface area contributed by atoms with Crippen LogP contribution in [0.5, 0.6) is 0 Å². The Morgan fingerprint density at radius 3 is 2.82 bits per heavy atom. The summed E-state index contributed by atoms with van der Waals surface area (Å²) in [6.07, 6.45) is 5.33. The molecular formula is C14H19ClN2. The summed E-state index contributed by atoms with van der Waals surface area (Å²) >= 11 is 6.05. The first-order valence-electron chi connectivity index (χ1n) is 6.58.